The van der Waals surface area contributed by atoms with E-state index in [1.165, 1.54) is 6.92 Å². The van der Waals surface area contributed by atoms with Crippen LogP contribution >= 0.6 is 0 Å². The lowest BCUT2D eigenvalue weighted by Gasteiger charge is -2.11. The van der Waals surface area contributed by atoms with Crippen molar-refractivity contribution in [1.29, 1.82) is 0 Å². The Kier molecular flexibility index (Phi) is 4.93. The Morgan fingerprint density at radius 3 is 2.81 bits per heavy atom. The quantitative estimate of drug-likeness (QED) is 0.647. The Morgan fingerprint density at radius 2 is 2.25 bits per heavy atom. The SMILES string of the molecule is CC(=O)CC1CC(COCC(C)C)OC1=O. The molecule has 0 aromatic heterocycles. The molecule has 0 radical (unpaired) electrons. The number of rotatable bonds is 6. The summed E-state index contributed by atoms with van der Waals surface area (Å²) >= 11 is 0. The summed E-state index contributed by atoms with van der Waals surface area (Å²) in [5, 5.41) is 0. The number of cyclic esters (lactones) is 1. The third kappa shape index (κ3) is 4.31. The zero-order valence-electron chi connectivity index (χ0n) is 10.2. The molecule has 0 bridgehead atoms. The van der Waals surface area contributed by atoms with Crippen molar-refractivity contribution < 1.29 is 19.1 Å². The van der Waals surface area contributed by atoms with Gasteiger partial charge in [-0.3, -0.25) is 4.79 Å². The van der Waals surface area contributed by atoms with Gasteiger partial charge in [-0.25, -0.2) is 0 Å². The Balaban J connectivity index is 2.27. The van der Waals surface area contributed by atoms with Crippen molar-refractivity contribution in [3.8, 4) is 0 Å². The monoisotopic (exact) mass is 228 g/mol. The molecule has 1 fully saturated rings. The van der Waals surface area contributed by atoms with E-state index in [0.29, 0.717) is 32.0 Å². The average Bonchev–Trinajstić information content (AvgIpc) is 2.45. The molecule has 1 rings (SSSR count). The maximum Gasteiger partial charge on any atom is 0.309 e. The van der Waals surface area contributed by atoms with Gasteiger partial charge in [-0.15, -0.1) is 0 Å². The largest absolute Gasteiger partial charge is 0.460 e. The molecule has 0 saturated carbocycles. The predicted octanol–water partition coefficient (Wildman–Crippen LogP) is 1.57. The van der Waals surface area contributed by atoms with Crippen LogP contribution in [0.15, 0.2) is 0 Å². The lowest BCUT2D eigenvalue weighted by molar-refractivity contribution is -0.147. The molecule has 1 aliphatic rings. The Bertz CT molecular complexity index is 260. The highest BCUT2D eigenvalue weighted by atomic mass is 16.6. The molecule has 16 heavy (non-hydrogen) atoms. The molecule has 0 spiro atoms. The molecule has 2 atom stereocenters. The Labute approximate surface area is 96.3 Å². The van der Waals surface area contributed by atoms with Crippen molar-refractivity contribution in [2.24, 2.45) is 11.8 Å². The first-order chi connectivity index (χ1) is 7.49. The fourth-order valence-electron chi connectivity index (χ4n) is 1.77. The minimum atomic E-state index is -0.259. The van der Waals surface area contributed by atoms with Crippen molar-refractivity contribution in [2.45, 2.75) is 39.7 Å². The summed E-state index contributed by atoms with van der Waals surface area (Å²) in [6.07, 6.45) is 0.728. The summed E-state index contributed by atoms with van der Waals surface area (Å²) in [5.74, 6) is -0.00526. The van der Waals surface area contributed by atoms with Crippen LogP contribution in [0.4, 0.5) is 0 Å². The van der Waals surface area contributed by atoms with Crippen molar-refractivity contribution in [1.82, 2.24) is 0 Å². The van der Waals surface area contributed by atoms with Gasteiger partial charge in [0.2, 0.25) is 0 Å². The van der Waals surface area contributed by atoms with Gasteiger partial charge in [-0.05, 0) is 12.8 Å². The van der Waals surface area contributed by atoms with Crippen molar-refractivity contribution in [3.63, 3.8) is 0 Å². The van der Waals surface area contributed by atoms with Crippen molar-refractivity contribution in [2.75, 3.05) is 13.2 Å². The van der Waals surface area contributed by atoms with Crippen LogP contribution in [0.25, 0.3) is 0 Å². The molecule has 0 aromatic rings. The Morgan fingerprint density at radius 1 is 1.56 bits per heavy atom. The van der Waals surface area contributed by atoms with Gasteiger partial charge in [-0.1, -0.05) is 13.8 Å². The van der Waals surface area contributed by atoms with E-state index in [4.69, 9.17) is 9.47 Å². The standard InChI is InChI=1S/C12H20O4/c1-8(2)6-15-7-11-5-10(4-9(3)13)12(14)16-11/h8,10-11H,4-7H2,1-3H3. The molecular weight excluding hydrogens is 208 g/mol. The lowest BCUT2D eigenvalue weighted by Crippen LogP contribution is -2.17. The summed E-state index contributed by atoms with van der Waals surface area (Å²) in [6.45, 7) is 6.75. The van der Waals surface area contributed by atoms with E-state index >= 15 is 0 Å². The number of ketones is 1. The first-order valence-electron chi connectivity index (χ1n) is 5.76. The van der Waals surface area contributed by atoms with Gasteiger partial charge in [-0.2, -0.15) is 0 Å². The summed E-state index contributed by atoms with van der Waals surface area (Å²) in [7, 11) is 0. The van der Waals surface area contributed by atoms with E-state index in [9.17, 15) is 9.59 Å². The lowest BCUT2D eigenvalue weighted by atomic mass is 9.99. The smallest absolute Gasteiger partial charge is 0.309 e. The van der Waals surface area contributed by atoms with E-state index < -0.39 is 0 Å². The molecule has 1 aliphatic heterocycles. The molecule has 1 heterocycles. The van der Waals surface area contributed by atoms with Crippen LogP contribution in [-0.2, 0) is 19.1 Å². The minimum absolute atomic E-state index is 0.0331. The van der Waals surface area contributed by atoms with Gasteiger partial charge in [0.1, 0.15) is 11.9 Å². The molecule has 0 aromatic carbocycles. The van der Waals surface area contributed by atoms with E-state index in [1.54, 1.807) is 0 Å². The number of carbonyl (C=O) groups excluding carboxylic acids is 2. The summed E-state index contributed by atoms with van der Waals surface area (Å²) in [5.41, 5.74) is 0. The number of Topliss-reactive ketones (excluding diaryl/α,β-unsaturated/α-hetero) is 1. The highest BCUT2D eigenvalue weighted by Gasteiger charge is 2.35. The highest BCUT2D eigenvalue weighted by Crippen LogP contribution is 2.24. The number of hydrogen-bond donors (Lipinski definition) is 0. The minimum Gasteiger partial charge on any atom is -0.460 e. The second-order valence-corrected chi connectivity index (χ2v) is 4.83. The molecule has 4 heteroatoms. The molecular formula is C12H20O4. The van der Waals surface area contributed by atoms with Crippen LogP contribution in [0.5, 0.6) is 0 Å². The van der Waals surface area contributed by atoms with Gasteiger partial charge in [0.25, 0.3) is 0 Å². The molecule has 2 unspecified atom stereocenters. The molecule has 1 saturated heterocycles. The fourth-order valence-corrected chi connectivity index (χ4v) is 1.77. The highest BCUT2D eigenvalue weighted by molar-refractivity contribution is 5.83. The van der Waals surface area contributed by atoms with E-state index in [1.807, 2.05) is 0 Å². The fraction of sp³-hybridized carbons (Fsp3) is 0.833. The third-order valence-electron chi connectivity index (χ3n) is 2.45. The van der Waals surface area contributed by atoms with Crippen molar-refractivity contribution >= 4 is 11.8 Å². The van der Waals surface area contributed by atoms with E-state index in [0.717, 1.165) is 0 Å². The van der Waals surface area contributed by atoms with Crippen LogP contribution in [0.3, 0.4) is 0 Å². The number of ether oxygens (including phenoxy) is 2. The maximum absolute atomic E-state index is 11.4. The zero-order valence-corrected chi connectivity index (χ0v) is 10.2. The summed E-state index contributed by atoms with van der Waals surface area (Å²) in [4.78, 5) is 22.3. The maximum atomic E-state index is 11.4. The Hall–Kier alpha value is -0.900. The zero-order chi connectivity index (χ0) is 12.1. The molecule has 0 N–H and O–H groups in total. The molecule has 92 valence electrons. The predicted molar refractivity (Wildman–Crippen MR) is 58.9 cm³/mol. The number of hydrogen-bond acceptors (Lipinski definition) is 4. The molecule has 4 nitrogen and oxygen atoms in total. The van der Waals surface area contributed by atoms with E-state index in [-0.39, 0.29) is 23.8 Å². The second kappa shape index (κ2) is 5.99. The van der Waals surface area contributed by atoms with Crippen molar-refractivity contribution in [3.05, 3.63) is 0 Å². The van der Waals surface area contributed by atoms with Gasteiger partial charge in [0.15, 0.2) is 0 Å². The number of carbonyl (C=O) groups is 2. The van der Waals surface area contributed by atoms with Gasteiger partial charge in [0, 0.05) is 19.4 Å². The van der Waals surface area contributed by atoms with Crippen LogP contribution < -0.4 is 0 Å². The normalized spacial score (nSPS) is 24.9. The molecule has 0 amide bonds. The molecule has 0 aliphatic carbocycles. The van der Waals surface area contributed by atoms with E-state index in [2.05, 4.69) is 13.8 Å². The second-order valence-electron chi connectivity index (χ2n) is 4.83. The summed E-state index contributed by atoms with van der Waals surface area (Å²) < 4.78 is 10.6. The third-order valence-corrected chi connectivity index (χ3v) is 2.45. The average molecular weight is 228 g/mol. The van der Waals surface area contributed by atoms with Gasteiger partial charge in [0.05, 0.1) is 12.5 Å². The van der Waals surface area contributed by atoms with Crippen LogP contribution in [0.2, 0.25) is 0 Å². The first-order valence-corrected chi connectivity index (χ1v) is 5.76. The first kappa shape index (κ1) is 13.2. The summed E-state index contributed by atoms with van der Waals surface area (Å²) in [6, 6.07) is 0. The topological polar surface area (TPSA) is 52.6 Å². The number of esters is 1. The van der Waals surface area contributed by atoms with Crippen LogP contribution in [-0.4, -0.2) is 31.1 Å². The van der Waals surface area contributed by atoms with Gasteiger partial charge < -0.3 is 14.3 Å². The van der Waals surface area contributed by atoms with Crippen LogP contribution in [0, 0.1) is 11.8 Å². The van der Waals surface area contributed by atoms with Gasteiger partial charge >= 0.3 is 5.97 Å². The van der Waals surface area contributed by atoms with Crippen LogP contribution in [0.1, 0.15) is 33.6 Å².